The Morgan fingerprint density at radius 1 is 1.31 bits per heavy atom. The van der Waals surface area contributed by atoms with Gasteiger partial charge in [0.1, 0.15) is 6.54 Å². The third-order valence-corrected chi connectivity index (χ3v) is 5.21. The van der Waals surface area contributed by atoms with Gasteiger partial charge < -0.3 is 5.32 Å². The largest absolute Gasteiger partial charge is 0.339 e. The highest BCUT2D eigenvalue weighted by Gasteiger charge is 2.29. The van der Waals surface area contributed by atoms with Gasteiger partial charge in [0, 0.05) is 10.8 Å². The third kappa shape index (κ3) is 2.86. The van der Waals surface area contributed by atoms with Gasteiger partial charge in [-0.2, -0.15) is 0 Å². The molecule has 90 valence electrons. The number of nitrogens with two attached hydrogens (primary N) is 1. The van der Waals surface area contributed by atoms with Crippen molar-refractivity contribution in [3.05, 3.63) is 21.9 Å². The molecule has 0 aromatic carbocycles. The quantitative estimate of drug-likeness (QED) is 0.834. The molecule has 0 saturated heterocycles. The maximum atomic E-state index is 2.58. The SMILES string of the molecule is Cc1ccc(C[NH2+][C@H]2CCC[C@@H](C)[C@@H]2C)s1. The summed E-state index contributed by atoms with van der Waals surface area (Å²) < 4.78 is 0. The predicted octanol–water partition coefficient (Wildman–Crippen LogP) is 2.94. The first-order valence-electron chi connectivity index (χ1n) is 6.55. The third-order valence-electron chi connectivity index (χ3n) is 4.19. The summed E-state index contributed by atoms with van der Waals surface area (Å²) in [6.07, 6.45) is 4.27. The van der Waals surface area contributed by atoms with Gasteiger partial charge in [-0.3, -0.25) is 0 Å². The fourth-order valence-corrected chi connectivity index (χ4v) is 3.68. The van der Waals surface area contributed by atoms with E-state index in [1.54, 1.807) is 0 Å². The van der Waals surface area contributed by atoms with Crippen LogP contribution in [0.25, 0.3) is 0 Å². The lowest BCUT2D eigenvalue weighted by Crippen LogP contribution is -2.90. The summed E-state index contributed by atoms with van der Waals surface area (Å²) in [5.41, 5.74) is 0. The summed E-state index contributed by atoms with van der Waals surface area (Å²) in [5.74, 6) is 1.80. The van der Waals surface area contributed by atoms with Crippen molar-refractivity contribution in [3.63, 3.8) is 0 Å². The Labute approximate surface area is 103 Å². The van der Waals surface area contributed by atoms with Crippen LogP contribution in [0.1, 0.15) is 42.9 Å². The van der Waals surface area contributed by atoms with Gasteiger partial charge in [0.25, 0.3) is 0 Å². The van der Waals surface area contributed by atoms with E-state index >= 15 is 0 Å². The van der Waals surface area contributed by atoms with Crippen LogP contribution in [0.4, 0.5) is 0 Å². The van der Waals surface area contributed by atoms with Crippen molar-refractivity contribution in [1.29, 1.82) is 0 Å². The van der Waals surface area contributed by atoms with Crippen molar-refractivity contribution < 1.29 is 5.32 Å². The van der Waals surface area contributed by atoms with Crippen molar-refractivity contribution in [2.45, 2.75) is 52.6 Å². The molecule has 0 radical (unpaired) electrons. The molecule has 0 bridgehead atoms. The van der Waals surface area contributed by atoms with Gasteiger partial charge in [0.15, 0.2) is 0 Å². The molecule has 2 N–H and O–H groups in total. The number of hydrogen-bond acceptors (Lipinski definition) is 1. The molecule has 0 amide bonds. The summed E-state index contributed by atoms with van der Waals surface area (Å²) in [6, 6.07) is 5.37. The van der Waals surface area contributed by atoms with Crippen molar-refractivity contribution in [2.75, 3.05) is 0 Å². The molecule has 1 aromatic heterocycles. The summed E-state index contributed by atoms with van der Waals surface area (Å²) >= 11 is 1.95. The van der Waals surface area contributed by atoms with E-state index in [1.807, 2.05) is 11.3 Å². The first kappa shape index (κ1) is 12.1. The topological polar surface area (TPSA) is 16.6 Å². The summed E-state index contributed by atoms with van der Waals surface area (Å²) in [6.45, 7) is 8.23. The van der Waals surface area contributed by atoms with E-state index in [2.05, 4.69) is 38.2 Å². The molecule has 0 aliphatic heterocycles. The molecule has 1 aliphatic rings. The van der Waals surface area contributed by atoms with Gasteiger partial charge in [-0.25, -0.2) is 0 Å². The van der Waals surface area contributed by atoms with E-state index in [0.717, 1.165) is 17.9 Å². The Kier molecular flexibility index (Phi) is 4.04. The number of hydrogen-bond donors (Lipinski definition) is 1. The highest BCUT2D eigenvalue weighted by atomic mass is 32.1. The van der Waals surface area contributed by atoms with Crippen LogP contribution < -0.4 is 5.32 Å². The first-order valence-corrected chi connectivity index (χ1v) is 7.37. The Hall–Kier alpha value is -0.340. The van der Waals surface area contributed by atoms with Gasteiger partial charge in [0.05, 0.1) is 10.9 Å². The van der Waals surface area contributed by atoms with Crippen molar-refractivity contribution in [3.8, 4) is 0 Å². The molecule has 2 heteroatoms. The minimum atomic E-state index is 0.853. The van der Waals surface area contributed by atoms with Gasteiger partial charge in [-0.15, -0.1) is 11.3 Å². The normalized spacial score (nSPS) is 30.6. The second-order valence-electron chi connectivity index (χ2n) is 5.38. The Morgan fingerprint density at radius 2 is 2.12 bits per heavy atom. The highest BCUT2D eigenvalue weighted by molar-refractivity contribution is 7.11. The molecule has 2 rings (SSSR count). The highest BCUT2D eigenvalue weighted by Crippen LogP contribution is 2.27. The van der Waals surface area contributed by atoms with Crippen LogP contribution in [0, 0.1) is 18.8 Å². The predicted molar refractivity (Wildman–Crippen MR) is 70.7 cm³/mol. The minimum Gasteiger partial charge on any atom is -0.339 e. The monoisotopic (exact) mass is 238 g/mol. The number of rotatable bonds is 3. The molecular weight excluding hydrogens is 214 g/mol. The summed E-state index contributed by atoms with van der Waals surface area (Å²) in [5, 5.41) is 2.58. The fourth-order valence-electron chi connectivity index (χ4n) is 2.82. The molecule has 1 fully saturated rings. The summed E-state index contributed by atoms with van der Waals surface area (Å²) in [4.78, 5) is 2.97. The van der Waals surface area contributed by atoms with Gasteiger partial charge in [-0.05, 0) is 44.2 Å². The van der Waals surface area contributed by atoms with Gasteiger partial charge in [-0.1, -0.05) is 13.8 Å². The standard InChI is InChI=1S/C14H23NS/c1-10-5-4-6-14(12(10)3)15-9-13-8-7-11(2)16-13/h7-8,10,12,14-15H,4-6,9H2,1-3H3/p+1/t10-,12+,14+/m1/s1. The van der Waals surface area contributed by atoms with Crippen LogP contribution in [0.15, 0.2) is 12.1 Å². The van der Waals surface area contributed by atoms with E-state index in [4.69, 9.17) is 0 Å². The maximum Gasteiger partial charge on any atom is 0.111 e. The van der Waals surface area contributed by atoms with Crippen LogP contribution in [-0.4, -0.2) is 6.04 Å². The lowest BCUT2D eigenvalue weighted by Gasteiger charge is -2.32. The molecule has 1 heterocycles. The van der Waals surface area contributed by atoms with E-state index < -0.39 is 0 Å². The lowest BCUT2D eigenvalue weighted by molar-refractivity contribution is -0.713. The fraction of sp³-hybridized carbons (Fsp3) is 0.714. The lowest BCUT2D eigenvalue weighted by atomic mass is 9.78. The zero-order chi connectivity index (χ0) is 11.5. The van der Waals surface area contributed by atoms with Crippen LogP contribution >= 0.6 is 11.3 Å². The zero-order valence-electron chi connectivity index (χ0n) is 10.7. The zero-order valence-corrected chi connectivity index (χ0v) is 11.5. The second kappa shape index (κ2) is 5.33. The van der Waals surface area contributed by atoms with Crippen molar-refractivity contribution in [2.24, 2.45) is 11.8 Å². The molecule has 1 saturated carbocycles. The maximum absolute atomic E-state index is 2.58. The van der Waals surface area contributed by atoms with Crippen LogP contribution in [0.2, 0.25) is 0 Å². The average molecular weight is 238 g/mol. The van der Waals surface area contributed by atoms with Crippen LogP contribution in [0.5, 0.6) is 0 Å². The molecule has 1 nitrogen and oxygen atoms in total. The second-order valence-corrected chi connectivity index (χ2v) is 6.76. The van der Waals surface area contributed by atoms with E-state index in [-0.39, 0.29) is 0 Å². The van der Waals surface area contributed by atoms with E-state index in [1.165, 1.54) is 35.6 Å². The minimum absolute atomic E-state index is 0.853. The number of thiophene rings is 1. The molecule has 0 unspecified atom stereocenters. The smallest absolute Gasteiger partial charge is 0.111 e. The van der Waals surface area contributed by atoms with E-state index in [0.29, 0.717) is 0 Å². The first-order chi connectivity index (χ1) is 7.66. The molecular formula is C14H24NS+. The van der Waals surface area contributed by atoms with Gasteiger partial charge >= 0.3 is 0 Å². The van der Waals surface area contributed by atoms with Crippen molar-refractivity contribution >= 4 is 11.3 Å². The average Bonchev–Trinajstić information content (AvgIpc) is 2.67. The van der Waals surface area contributed by atoms with Crippen LogP contribution in [-0.2, 0) is 6.54 Å². The molecule has 1 aromatic rings. The molecule has 16 heavy (non-hydrogen) atoms. The Morgan fingerprint density at radius 3 is 2.81 bits per heavy atom. The Balaban J connectivity index is 1.85. The number of quaternary nitrogens is 1. The Bertz CT molecular complexity index is 331. The number of aryl methyl sites for hydroxylation is 1. The van der Waals surface area contributed by atoms with Crippen LogP contribution in [0.3, 0.4) is 0 Å². The van der Waals surface area contributed by atoms with Gasteiger partial charge in [0.2, 0.25) is 0 Å². The molecule has 0 spiro atoms. The van der Waals surface area contributed by atoms with Crippen molar-refractivity contribution in [1.82, 2.24) is 0 Å². The van der Waals surface area contributed by atoms with E-state index in [9.17, 15) is 0 Å². The summed E-state index contributed by atoms with van der Waals surface area (Å²) in [7, 11) is 0. The molecule has 3 atom stereocenters. The molecule has 1 aliphatic carbocycles.